The van der Waals surface area contributed by atoms with Gasteiger partial charge in [0.05, 0.1) is 12.2 Å². The van der Waals surface area contributed by atoms with E-state index in [2.05, 4.69) is 10.3 Å². The van der Waals surface area contributed by atoms with Crippen LogP contribution in [0.25, 0.3) is 0 Å². The summed E-state index contributed by atoms with van der Waals surface area (Å²) in [6.45, 7) is 0. The van der Waals surface area contributed by atoms with Gasteiger partial charge in [0.2, 0.25) is 0 Å². The molecule has 2 rings (SSSR count). The van der Waals surface area contributed by atoms with Crippen LogP contribution in [0.4, 0.5) is 4.39 Å². The van der Waals surface area contributed by atoms with Gasteiger partial charge >= 0.3 is 0 Å². The second-order valence-corrected chi connectivity index (χ2v) is 3.96. The second-order valence-electron chi connectivity index (χ2n) is 3.18. The third-order valence-electron chi connectivity index (χ3n) is 2.28. The summed E-state index contributed by atoms with van der Waals surface area (Å²) in [5.41, 5.74) is 1.71. The number of nitrogens with zero attached hydrogens (tertiary/aromatic N) is 1. The molecule has 0 saturated carbocycles. The lowest BCUT2D eigenvalue weighted by Crippen LogP contribution is -2.18. The molecule has 0 aromatic carbocycles. The number of hydrogen-bond acceptors (Lipinski definition) is 3. The number of rotatable bonds is 3. The highest BCUT2D eigenvalue weighted by atomic mass is 32.1. The van der Waals surface area contributed by atoms with Crippen LogP contribution in [0, 0.1) is 5.82 Å². The van der Waals surface area contributed by atoms with Gasteiger partial charge in [-0.3, -0.25) is 4.98 Å². The van der Waals surface area contributed by atoms with Crippen LogP contribution >= 0.6 is 11.3 Å². The van der Waals surface area contributed by atoms with Gasteiger partial charge in [0.1, 0.15) is 5.82 Å². The Morgan fingerprint density at radius 3 is 2.93 bits per heavy atom. The molecule has 4 heteroatoms. The molecule has 78 valence electrons. The third kappa shape index (κ3) is 2.06. The normalized spacial score (nSPS) is 12.7. The number of nitrogens with one attached hydrogen (secondary N) is 1. The minimum absolute atomic E-state index is 0.0979. The molecule has 2 heterocycles. The largest absolute Gasteiger partial charge is 0.309 e. The standard InChI is InChI=1S/C11H11FN2S/c1-13-11(8-3-5-15-7-8)9-2-4-14-6-10(9)12/h2-7,11,13H,1H3. The highest BCUT2D eigenvalue weighted by Gasteiger charge is 2.15. The number of halogens is 1. The molecular formula is C11H11FN2S. The van der Waals surface area contributed by atoms with E-state index in [9.17, 15) is 4.39 Å². The molecule has 2 aromatic rings. The molecule has 0 amide bonds. The molecule has 1 unspecified atom stereocenters. The van der Waals surface area contributed by atoms with Crippen molar-refractivity contribution in [3.63, 3.8) is 0 Å². The van der Waals surface area contributed by atoms with Gasteiger partial charge in [-0.2, -0.15) is 11.3 Å². The van der Waals surface area contributed by atoms with Gasteiger partial charge in [0, 0.05) is 11.8 Å². The molecule has 15 heavy (non-hydrogen) atoms. The first-order chi connectivity index (χ1) is 7.33. The molecule has 0 bridgehead atoms. The zero-order valence-corrected chi connectivity index (χ0v) is 9.09. The average Bonchev–Trinajstić information content (AvgIpc) is 2.75. The molecule has 0 aliphatic rings. The molecular weight excluding hydrogens is 211 g/mol. The molecule has 2 nitrogen and oxygen atoms in total. The van der Waals surface area contributed by atoms with E-state index in [0.29, 0.717) is 5.56 Å². The molecule has 0 saturated heterocycles. The second kappa shape index (κ2) is 4.51. The summed E-state index contributed by atoms with van der Waals surface area (Å²) < 4.78 is 13.5. The predicted molar refractivity (Wildman–Crippen MR) is 59.4 cm³/mol. The van der Waals surface area contributed by atoms with Crippen molar-refractivity contribution in [3.8, 4) is 0 Å². The number of pyridine rings is 1. The summed E-state index contributed by atoms with van der Waals surface area (Å²) in [6, 6.07) is 3.60. The first kappa shape index (κ1) is 10.3. The van der Waals surface area contributed by atoms with Crippen LogP contribution in [0.3, 0.4) is 0 Å². The summed E-state index contributed by atoms with van der Waals surface area (Å²) in [5.74, 6) is -0.275. The van der Waals surface area contributed by atoms with Gasteiger partial charge in [0.15, 0.2) is 0 Å². The third-order valence-corrected chi connectivity index (χ3v) is 2.98. The van der Waals surface area contributed by atoms with Gasteiger partial charge in [-0.25, -0.2) is 4.39 Å². The van der Waals surface area contributed by atoms with Crippen molar-refractivity contribution in [2.75, 3.05) is 7.05 Å². The molecule has 0 aliphatic carbocycles. The summed E-state index contributed by atoms with van der Waals surface area (Å²) in [6.07, 6.45) is 2.85. The quantitative estimate of drug-likeness (QED) is 0.863. The van der Waals surface area contributed by atoms with E-state index < -0.39 is 0 Å². The van der Waals surface area contributed by atoms with E-state index in [0.717, 1.165) is 5.56 Å². The Kier molecular flexibility index (Phi) is 3.08. The number of hydrogen-bond donors (Lipinski definition) is 1. The summed E-state index contributed by atoms with van der Waals surface area (Å²) >= 11 is 1.61. The van der Waals surface area contributed by atoms with Crippen molar-refractivity contribution in [3.05, 3.63) is 52.2 Å². The lowest BCUT2D eigenvalue weighted by Gasteiger charge is -2.15. The molecule has 0 spiro atoms. The molecule has 2 aromatic heterocycles. The topological polar surface area (TPSA) is 24.9 Å². The van der Waals surface area contributed by atoms with Crippen molar-refractivity contribution >= 4 is 11.3 Å². The summed E-state index contributed by atoms with van der Waals surface area (Å²) in [5, 5.41) is 7.10. The number of thiophene rings is 1. The zero-order valence-electron chi connectivity index (χ0n) is 8.27. The first-order valence-electron chi connectivity index (χ1n) is 4.61. The van der Waals surface area contributed by atoms with E-state index in [-0.39, 0.29) is 11.9 Å². The van der Waals surface area contributed by atoms with Crippen molar-refractivity contribution in [2.45, 2.75) is 6.04 Å². The Bertz CT molecular complexity index is 428. The van der Waals surface area contributed by atoms with E-state index >= 15 is 0 Å². The molecule has 1 N–H and O–H groups in total. The fraction of sp³-hybridized carbons (Fsp3) is 0.182. The van der Waals surface area contributed by atoms with Gasteiger partial charge < -0.3 is 5.32 Å². The van der Waals surface area contributed by atoms with Crippen LogP contribution in [0.5, 0.6) is 0 Å². The Labute approximate surface area is 91.8 Å². The minimum atomic E-state index is -0.275. The highest BCUT2D eigenvalue weighted by Crippen LogP contribution is 2.24. The molecule has 0 fully saturated rings. The Hall–Kier alpha value is -1.26. The average molecular weight is 222 g/mol. The Morgan fingerprint density at radius 1 is 1.47 bits per heavy atom. The maximum absolute atomic E-state index is 13.5. The Balaban J connectivity index is 2.40. The van der Waals surface area contributed by atoms with Crippen LogP contribution in [-0.2, 0) is 0 Å². The van der Waals surface area contributed by atoms with Crippen LogP contribution in [0.2, 0.25) is 0 Å². The molecule has 1 atom stereocenters. The van der Waals surface area contributed by atoms with E-state index in [1.54, 1.807) is 23.6 Å². The smallest absolute Gasteiger partial charge is 0.146 e. The van der Waals surface area contributed by atoms with Crippen LogP contribution < -0.4 is 5.32 Å². The van der Waals surface area contributed by atoms with Crippen LogP contribution in [0.1, 0.15) is 17.2 Å². The SMILES string of the molecule is CNC(c1ccsc1)c1ccncc1F. The number of aromatic nitrogens is 1. The lowest BCUT2D eigenvalue weighted by atomic mass is 10.0. The maximum atomic E-state index is 13.5. The van der Waals surface area contributed by atoms with E-state index in [4.69, 9.17) is 0 Å². The molecule has 0 radical (unpaired) electrons. The van der Waals surface area contributed by atoms with E-state index in [1.807, 2.05) is 23.9 Å². The van der Waals surface area contributed by atoms with Crippen molar-refractivity contribution < 1.29 is 4.39 Å². The van der Waals surface area contributed by atoms with Gasteiger partial charge in [-0.1, -0.05) is 0 Å². The maximum Gasteiger partial charge on any atom is 0.146 e. The fourth-order valence-corrected chi connectivity index (χ4v) is 2.25. The monoisotopic (exact) mass is 222 g/mol. The van der Waals surface area contributed by atoms with Crippen molar-refractivity contribution in [1.82, 2.24) is 10.3 Å². The first-order valence-corrected chi connectivity index (χ1v) is 5.56. The van der Waals surface area contributed by atoms with Gasteiger partial charge in [-0.05, 0) is 35.5 Å². The lowest BCUT2D eigenvalue weighted by molar-refractivity contribution is 0.571. The minimum Gasteiger partial charge on any atom is -0.309 e. The van der Waals surface area contributed by atoms with Crippen molar-refractivity contribution in [1.29, 1.82) is 0 Å². The van der Waals surface area contributed by atoms with Crippen molar-refractivity contribution in [2.24, 2.45) is 0 Å². The Morgan fingerprint density at radius 2 is 2.33 bits per heavy atom. The predicted octanol–water partition coefficient (Wildman–Crippen LogP) is 2.59. The van der Waals surface area contributed by atoms with Gasteiger partial charge in [0.25, 0.3) is 0 Å². The fourth-order valence-electron chi connectivity index (χ4n) is 1.56. The van der Waals surface area contributed by atoms with Crippen LogP contribution in [0.15, 0.2) is 35.3 Å². The van der Waals surface area contributed by atoms with Crippen LogP contribution in [-0.4, -0.2) is 12.0 Å². The highest BCUT2D eigenvalue weighted by molar-refractivity contribution is 7.08. The van der Waals surface area contributed by atoms with Gasteiger partial charge in [-0.15, -0.1) is 0 Å². The summed E-state index contributed by atoms with van der Waals surface area (Å²) in [7, 11) is 1.82. The molecule has 0 aliphatic heterocycles. The van der Waals surface area contributed by atoms with E-state index in [1.165, 1.54) is 6.20 Å². The summed E-state index contributed by atoms with van der Waals surface area (Å²) in [4.78, 5) is 3.74. The zero-order chi connectivity index (χ0) is 10.7.